The lowest BCUT2D eigenvalue weighted by Crippen LogP contribution is -2.15. The fourth-order valence-corrected chi connectivity index (χ4v) is 2.55. The van der Waals surface area contributed by atoms with Crippen molar-refractivity contribution in [3.63, 3.8) is 0 Å². The Morgan fingerprint density at radius 1 is 1.20 bits per heavy atom. The lowest BCUT2D eigenvalue weighted by Gasteiger charge is -2.17. The zero-order valence-corrected chi connectivity index (χ0v) is 13.3. The van der Waals surface area contributed by atoms with Gasteiger partial charge in [-0.2, -0.15) is 0 Å². The van der Waals surface area contributed by atoms with E-state index < -0.39 is 0 Å². The molecule has 0 fully saturated rings. The Labute approximate surface area is 127 Å². The molecule has 0 aliphatic carbocycles. The van der Waals surface area contributed by atoms with Crippen molar-refractivity contribution in [1.82, 2.24) is 5.32 Å². The van der Waals surface area contributed by atoms with E-state index in [1.807, 2.05) is 32.0 Å². The second kappa shape index (κ2) is 6.37. The van der Waals surface area contributed by atoms with Crippen molar-refractivity contribution in [2.45, 2.75) is 19.9 Å². The third kappa shape index (κ3) is 3.19. The topological polar surface area (TPSA) is 21.3 Å². The molecular weight excluding hydrogens is 321 g/mol. The highest BCUT2D eigenvalue weighted by molar-refractivity contribution is 9.10. The summed E-state index contributed by atoms with van der Waals surface area (Å²) in [7, 11) is 1.79. The molecule has 0 spiro atoms. The minimum absolute atomic E-state index is 0.129. The Balaban J connectivity index is 2.40. The van der Waals surface area contributed by atoms with Crippen molar-refractivity contribution in [3.05, 3.63) is 57.8 Å². The molecule has 106 valence electrons. The van der Waals surface area contributed by atoms with Crippen LogP contribution in [0.3, 0.4) is 0 Å². The Hall–Kier alpha value is -1.39. The molecule has 2 rings (SSSR count). The smallest absolute Gasteiger partial charge is 0.141 e. The fourth-order valence-electron chi connectivity index (χ4n) is 1.98. The van der Waals surface area contributed by atoms with Crippen molar-refractivity contribution in [1.29, 1.82) is 0 Å². The predicted molar refractivity (Wildman–Crippen MR) is 82.8 cm³/mol. The van der Waals surface area contributed by atoms with Crippen LogP contribution in [0.5, 0.6) is 11.5 Å². The molecule has 0 heterocycles. The Morgan fingerprint density at radius 3 is 2.60 bits per heavy atom. The SMILES string of the molecule is CNC(C)c1c(F)cccc1Oc1ccc(C)cc1Br. The molecule has 0 saturated carbocycles. The lowest BCUT2D eigenvalue weighted by molar-refractivity contribution is 0.450. The summed E-state index contributed by atoms with van der Waals surface area (Å²) in [6.45, 7) is 3.90. The molecule has 1 atom stereocenters. The molecule has 0 radical (unpaired) electrons. The van der Waals surface area contributed by atoms with E-state index in [2.05, 4.69) is 21.2 Å². The third-order valence-electron chi connectivity index (χ3n) is 3.19. The molecule has 1 N–H and O–H groups in total. The van der Waals surface area contributed by atoms with Crippen molar-refractivity contribution < 1.29 is 9.13 Å². The Kier molecular flexibility index (Phi) is 4.78. The van der Waals surface area contributed by atoms with E-state index in [0.29, 0.717) is 17.1 Å². The summed E-state index contributed by atoms with van der Waals surface area (Å²) in [6, 6.07) is 10.5. The molecule has 20 heavy (non-hydrogen) atoms. The number of aryl methyl sites for hydroxylation is 1. The minimum atomic E-state index is -0.271. The van der Waals surface area contributed by atoms with Crippen LogP contribution in [-0.2, 0) is 0 Å². The average molecular weight is 338 g/mol. The Bertz CT molecular complexity index is 615. The largest absolute Gasteiger partial charge is 0.456 e. The zero-order valence-electron chi connectivity index (χ0n) is 11.7. The van der Waals surface area contributed by atoms with Gasteiger partial charge in [0.25, 0.3) is 0 Å². The highest BCUT2D eigenvalue weighted by Crippen LogP contribution is 2.35. The third-order valence-corrected chi connectivity index (χ3v) is 3.81. The van der Waals surface area contributed by atoms with Crippen LogP contribution in [0, 0.1) is 12.7 Å². The lowest BCUT2D eigenvalue weighted by atomic mass is 10.1. The molecule has 4 heteroatoms. The minimum Gasteiger partial charge on any atom is -0.456 e. The molecule has 0 aliphatic rings. The second-order valence-electron chi connectivity index (χ2n) is 4.70. The van der Waals surface area contributed by atoms with Gasteiger partial charge in [-0.1, -0.05) is 12.1 Å². The molecule has 0 bridgehead atoms. The molecule has 0 aliphatic heterocycles. The van der Waals surface area contributed by atoms with Crippen LogP contribution in [0.4, 0.5) is 4.39 Å². The predicted octanol–water partition coefficient (Wildman–Crippen LogP) is 4.97. The molecule has 2 nitrogen and oxygen atoms in total. The monoisotopic (exact) mass is 337 g/mol. The van der Waals surface area contributed by atoms with Crippen LogP contribution in [-0.4, -0.2) is 7.05 Å². The van der Waals surface area contributed by atoms with Crippen LogP contribution in [0.25, 0.3) is 0 Å². The Morgan fingerprint density at radius 2 is 1.95 bits per heavy atom. The van der Waals surface area contributed by atoms with Gasteiger partial charge in [0.1, 0.15) is 17.3 Å². The fraction of sp³-hybridized carbons (Fsp3) is 0.250. The molecule has 1 unspecified atom stereocenters. The van der Waals surface area contributed by atoms with Gasteiger partial charge in [0, 0.05) is 11.6 Å². The quantitative estimate of drug-likeness (QED) is 0.850. The first-order valence-corrected chi connectivity index (χ1v) is 7.22. The molecule has 2 aromatic carbocycles. The van der Waals surface area contributed by atoms with Gasteiger partial charge in [-0.15, -0.1) is 0 Å². The second-order valence-corrected chi connectivity index (χ2v) is 5.55. The summed E-state index contributed by atoms with van der Waals surface area (Å²) in [5, 5.41) is 3.04. The van der Waals surface area contributed by atoms with E-state index >= 15 is 0 Å². The van der Waals surface area contributed by atoms with Gasteiger partial charge in [-0.3, -0.25) is 0 Å². The highest BCUT2D eigenvalue weighted by Gasteiger charge is 2.16. The first-order chi connectivity index (χ1) is 9.52. The molecule has 0 saturated heterocycles. The zero-order chi connectivity index (χ0) is 14.7. The molecule has 2 aromatic rings. The molecule has 0 aromatic heterocycles. The number of rotatable bonds is 4. The summed E-state index contributed by atoms with van der Waals surface area (Å²) in [5.74, 6) is 0.926. The average Bonchev–Trinajstić information content (AvgIpc) is 2.41. The first-order valence-electron chi connectivity index (χ1n) is 6.42. The van der Waals surface area contributed by atoms with E-state index in [1.165, 1.54) is 6.07 Å². The summed E-state index contributed by atoms with van der Waals surface area (Å²) < 4.78 is 20.7. The number of ether oxygens (including phenoxy) is 1. The van der Waals surface area contributed by atoms with E-state index in [-0.39, 0.29) is 11.9 Å². The van der Waals surface area contributed by atoms with Crippen molar-refractivity contribution in [3.8, 4) is 11.5 Å². The maximum absolute atomic E-state index is 14.0. The number of hydrogen-bond donors (Lipinski definition) is 1. The first kappa shape index (κ1) is 15.0. The van der Waals surface area contributed by atoms with Gasteiger partial charge in [0.05, 0.1) is 4.47 Å². The maximum Gasteiger partial charge on any atom is 0.141 e. The van der Waals surface area contributed by atoms with Crippen LogP contribution in [0.15, 0.2) is 40.9 Å². The van der Waals surface area contributed by atoms with Gasteiger partial charge in [0.15, 0.2) is 0 Å². The standard InChI is InChI=1S/C16H17BrFNO/c1-10-7-8-14(12(17)9-10)20-15-6-4-5-13(18)16(15)11(2)19-3/h4-9,11,19H,1-3H3. The number of benzene rings is 2. The van der Waals surface area contributed by atoms with Crippen LogP contribution >= 0.6 is 15.9 Å². The van der Waals surface area contributed by atoms with Gasteiger partial charge in [-0.25, -0.2) is 4.39 Å². The summed E-state index contributed by atoms with van der Waals surface area (Å²) in [5.41, 5.74) is 1.66. The van der Waals surface area contributed by atoms with Gasteiger partial charge >= 0.3 is 0 Å². The number of halogens is 2. The van der Waals surface area contributed by atoms with Crippen molar-refractivity contribution in [2.75, 3.05) is 7.05 Å². The van der Waals surface area contributed by atoms with Crippen LogP contribution in [0.2, 0.25) is 0 Å². The summed E-state index contributed by atoms with van der Waals surface area (Å²) in [6.07, 6.45) is 0. The van der Waals surface area contributed by atoms with Crippen molar-refractivity contribution >= 4 is 15.9 Å². The van der Waals surface area contributed by atoms with Crippen LogP contribution in [0.1, 0.15) is 24.1 Å². The van der Waals surface area contributed by atoms with E-state index in [1.54, 1.807) is 19.2 Å². The van der Waals surface area contributed by atoms with Gasteiger partial charge in [-0.05, 0) is 66.7 Å². The van der Waals surface area contributed by atoms with Crippen LogP contribution < -0.4 is 10.1 Å². The maximum atomic E-state index is 14.0. The van der Waals surface area contributed by atoms with E-state index in [4.69, 9.17) is 4.74 Å². The normalized spacial score (nSPS) is 12.2. The number of nitrogens with one attached hydrogen (secondary N) is 1. The summed E-state index contributed by atoms with van der Waals surface area (Å²) in [4.78, 5) is 0. The van der Waals surface area contributed by atoms with Gasteiger partial charge < -0.3 is 10.1 Å². The van der Waals surface area contributed by atoms with E-state index in [0.717, 1.165) is 10.0 Å². The molecular formula is C16H17BrFNO. The van der Waals surface area contributed by atoms with Crippen molar-refractivity contribution in [2.24, 2.45) is 0 Å². The molecule has 0 amide bonds. The highest BCUT2D eigenvalue weighted by atomic mass is 79.9. The number of hydrogen-bond acceptors (Lipinski definition) is 2. The summed E-state index contributed by atoms with van der Waals surface area (Å²) >= 11 is 3.47. The van der Waals surface area contributed by atoms with Gasteiger partial charge in [0.2, 0.25) is 0 Å². The van der Waals surface area contributed by atoms with E-state index in [9.17, 15) is 4.39 Å².